The van der Waals surface area contributed by atoms with Crippen LogP contribution < -0.4 is 0 Å². The zero-order chi connectivity index (χ0) is 11.4. The first-order chi connectivity index (χ1) is 7.85. The normalized spacial score (nSPS) is 9.75. The largest absolute Gasteiger partial charge is 0.0985 e. The quantitative estimate of drug-likeness (QED) is 0.686. The van der Waals surface area contributed by atoms with Crippen molar-refractivity contribution in [3.8, 4) is 11.1 Å². The lowest BCUT2D eigenvalue weighted by atomic mass is 9.97. The molecule has 16 heavy (non-hydrogen) atoms. The lowest BCUT2D eigenvalue weighted by Crippen LogP contribution is -1.84. The molecule has 0 nitrogen and oxygen atoms in total. The molecule has 0 atom stereocenters. The molecule has 0 aliphatic rings. The molecule has 78 valence electrons. The van der Waals surface area contributed by atoms with Gasteiger partial charge in [-0.1, -0.05) is 67.8 Å². The van der Waals surface area contributed by atoms with Crippen LogP contribution in [0, 0.1) is 0 Å². The fourth-order valence-corrected chi connectivity index (χ4v) is 1.75. The molecule has 2 aromatic carbocycles. The highest BCUT2D eigenvalue weighted by Crippen LogP contribution is 2.26. The molecule has 0 amide bonds. The maximum absolute atomic E-state index is 3.85. The van der Waals surface area contributed by atoms with Crippen LogP contribution in [0.25, 0.3) is 23.3 Å². The summed E-state index contributed by atoms with van der Waals surface area (Å²) in [6.07, 6.45) is 3.74. The van der Waals surface area contributed by atoms with Gasteiger partial charge in [-0.25, -0.2) is 0 Å². The Kier molecular flexibility index (Phi) is 3.02. The van der Waals surface area contributed by atoms with Crippen molar-refractivity contribution in [3.63, 3.8) is 0 Å². The fraction of sp³-hybridized carbons (Fsp3) is 0. The van der Waals surface area contributed by atoms with E-state index in [0.29, 0.717) is 0 Å². The van der Waals surface area contributed by atoms with Crippen LogP contribution in [0.2, 0.25) is 0 Å². The summed E-state index contributed by atoms with van der Waals surface area (Å²) in [5.41, 5.74) is 4.69. The van der Waals surface area contributed by atoms with Crippen LogP contribution in [0.4, 0.5) is 0 Å². The van der Waals surface area contributed by atoms with Gasteiger partial charge in [-0.3, -0.25) is 0 Å². The first-order valence-corrected chi connectivity index (χ1v) is 5.29. The molecule has 0 saturated carbocycles. The molecule has 0 radical (unpaired) electrons. The van der Waals surface area contributed by atoms with Gasteiger partial charge in [0.05, 0.1) is 0 Å². The summed E-state index contributed by atoms with van der Waals surface area (Å²) in [6.45, 7) is 7.64. The van der Waals surface area contributed by atoms with Gasteiger partial charge in [-0.15, -0.1) is 0 Å². The third-order valence-electron chi connectivity index (χ3n) is 2.62. The molecule has 0 fully saturated rings. The second-order valence-electron chi connectivity index (χ2n) is 3.62. The first kappa shape index (κ1) is 10.4. The highest BCUT2D eigenvalue weighted by atomic mass is 14.1. The molecule has 0 aliphatic carbocycles. The summed E-state index contributed by atoms with van der Waals surface area (Å²) in [7, 11) is 0. The summed E-state index contributed by atoms with van der Waals surface area (Å²) in [5, 5.41) is 0. The highest BCUT2D eigenvalue weighted by Gasteiger charge is 2.02. The molecular weight excluding hydrogens is 192 g/mol. The van der Waals surface area contributed by atoms with Gasteiger partial charge >= 0.3 is 0 Å². The molecule has 2 rings (SSSR count). The number of hydrogen-bond donors (Lipinski definition) is 0. The third kappa shape index (κ3) is 1.96. The van der Waals surface area contributed by atoms with E-state index in [9.17, 15) is 0 Å². The third-order valence-corrected chi connectivity index (χ3v) is 2.62. The van der Waals surface area contributed by atoms with E-state index in [1.165, 1.54) is 11.1 Å². The highest BCUT2D eigenvalue weighted by molar-refractivity contribution is 5.77. The van der Waals surface area contributed by atoms with E-state index >= 15 is 0 Å². The smallest absolute Gasteiger partial charge is 0.0106 e. The van der Waals surface area contributed by atoms with E-state index < -0.39 is 0 Å². The van der Waals surface area contributed by atoms with Crippen LogP contribution in [0.3, 0.4) is 0 Å². The maximum atomic E-state index is 3.85. The average molecular weight is 206 g/mol. The molecule has 0 aliphatic heterocycles. The summed E-state index contributed by atoms with van der Waals surface area (Å²) in [6, 6.07) is 16.6. The lowest BCUT2D eigenvalue weighted by Gasteiger charge is -2.07. The minimum atomic E-state index is 1.13. The van der Waals surface area contributed by atoms with Gasteiger partial charge in [0, 0.05) is 0 Å². The van der Waals surface area contributed by atoms with Crippen LogP contribution in [-0.2, 0) is 0 Å². The fourth-order valence-electron chi connectivity index (χ4n) is 1.75. The summed E-state index contributed by atoms with van der Waals surface area (Å²) in [4.78, 5) is 0. The van der Waals surface area contributed by atoms with Crippen LogP contribution in [0.15, 0.2) is 61.7 Å². The van der Waals surface area contributed by atoms with Crippen molar-refractivity contribution in [2.24, 2.45) is 0 Å². The molecule has 0 spiro atoms. The van der Waals surface area contributed by atoms with Crippen LogP contribution in [-0.4, -0.2) is 0 Å². The zero-order valence-electron chi connectivity index (χ0n) is 9.19. The van der Waals surface area contributed by atoms with E-state index in [0.717, 1.165) is 11.1 Å². The van der Waals surface area contributed by atoms with Crippen molar-refractivity contribution in [2.75, 3.05) is 0 Å². The minimum Gasteiger partial charge on any atom is -0.0985 e. The molecule has 0 bridgehead atoms. The molecule has 0 saturated heterocycles. The van der Waals surface area contributed by atoms with E-state index in [1.54, 1.807) is 0 Å². The van der Waals surface area contributed by atoms with E-state index in [2.05, 4.69) is 43.5 Å². The van der Waals surface area contributed by atoms with Crippen LogP contribution in [0.5, 0.6) is 0 Å². The molecule has 0 heteroatoms. The maximum Gasteiger partial charge on any atom is -0.0106 e. The molecule has 0 heterocycles. The SMILES string of the molecule is C=Cc1ccc(C=C)c(-c2ccccc2)c1. The molecule has 0 unspecified atom stereocenters. The number of rotatable bonds is 3. The van der Waals surface area contributed by atoms with Crippen molar-refractivity contribution >= 4 is 12.2 Å². The second-order valence-corrected chi connectivity index (χ2v) is 3.62. The monoisotopic (exact) mass is 206 g/mol. The van der Waals surface area contributed by atoms with E-state index in [4.69, 9.17) is 0 Å². The number of hydrogen-bond acceptors (Lipinski definition) is 0. The Bertz CT molecular complexity index is 507. The Morgan fingerprint density at radius 1 is 0.812 bits per heavy atom. The first-order valence-electron chi connectivity index (χ1n) is 5.29. The Morgan fingerprint density at radius 3 is 2.19 bits per heavy atom. The molecular formula is C16H14. The molecule has 0 N–H and O–H groups in total. The van der Waals surface area contributed by atoms with Gasteiger partial charge < -0.3 is 0 Å². The van der Waals surface area contributed by atoms with E-state index in [1.807, 2.05) is 30.4 Å². The standard InChI is InChI=1S/C16H14/c1-3-13-10-11-14(4-2)16(12-13)15-8-6-5-7-9-15/h3-12H,1-2H2. The van der Waals surface area contributed by atoms with Crippen molar-refractivity contribution in [1.82, 2.24) is 0 Å². The Balaban J connectivity index is 2.62. The second kappa shape index (κ2) is 4.63. The van der Waals surface area contributed by atoms with Crippen molar-refractivity contribution in [2.45, 2.75) is 0 Å². The van der Waals surface area contributed by atoms with Gasteiger partial charge in [-0.2, -0.15) is 0 Å². The lowest BCUT2D eigenvalue weighted by molar-refractivity contribution is 1.57. The molecule has 0 aromatic heterocycles. The Morgan fingerprint density at radius 2 is 1.56 bits per heavy atom. The summed E-state index contributed by atoms with van der Waals surface area (Å²) in [5.74, 6) is 0. The van der Waals surface area contributed by atoms with Gasteiger partial charge in [0.15, 0.2) is 0 Å². The van der Waals surface area contributed by atoms with E-state index in [-0.39, 0.29) is 0 Å². The summed E-state index contributed by atoms with van der Waals surface area (Å²) < 4.78 is 0. The van der Waals surface area contributed by atoms with Gasteiger partial charge in [0.2, 0.25) is 0 Å². The molecule has 2 aromatic rings. The Hall–Kier alpha value is -2.08. The topological polar surface area (TPSA) is 0 Å². The van der Waals surface area contributed by atoms with Gasteiger partial charge in [0.25, 0.3) is 0 Å². The van der Waals surface area contributed by atoms with Crippen LogP contribution in [0.1, 0.15) is 11.1 Å². The van der Waals surface area contributed by atoms with Crippen molar-refractivity contribution in [1.29, 1.82) is 0 Å². The van der Waals surface area contributed by atoms with Crippen LogP contribution >= 0.6 is 0 Å². The number of benzene rings is 2. The predicted molar refractivity (Wildman–Crippen MR) is 72.1 cm³/mol. The average Bonchev–Trinajstić information content (AvgIpc) is 2.39. The summed E-state index contributed by atoms with van der Waals surface area (Å²) >= 11 is 0. The van der Waals surface area contributed by atoms with Crippen molar-refractivity contribution < 1.29 is 0 Å². The predicted octanol–water partition coefficient (Wildman–Crippen LogP) is 4.64. The van der Waals surface area contributed by atoms with Crippen molar-refractivity contribution in [3.05, 3.63) is 72.8 Å². The Labute approximate surface area is 96.6 Å². The van der Waals surface area contributed by atoms with Gasteiger partial charge in [-0.05, 0) is 28.3 Å². The minimum absolute atomic E-state index is 1.13. The zero-order valence-corrected chi connectivity index (χ0v) is 9.19. The van der Waals surface area contributed by atoms with Gasteiger partial charge in [0.1, 0.15) is 0 Å².